The number of thiazole rings is 1. The Morgan fingerprint density at radius 2 is 2.11 bits per heavy atom. The first kappa shape index (κ1) is 18.4. The van der Waals surface area contributed by atoms with E-state index in [-0.39, 0.29) is 18.4 Å². The first-order valence-electron chi connectivity index (χ1n) is 8.96. The summed E-state index contributed by atoms with van der Waals surface area (Å²) in [5, 5.41) is 16.4. The fraction of sp³-hybridized carbons (Fsp3) is 0.368. The van der Waals surface area contributed by atoms with Crippen molar-refractivity contribution in [3.63, 3.8) is 0 Å². The Hall–Kier alpha value is -2.94. The lowest BCUT2D eigenvalue weighted by Crippen LogP contribution is -2.30. The van der Waals surface area contributed by atoms with Crippen molar-refractivity contribution >= 4 is 38.7 Å². The van der Waals surface area contributed by atoms with Gasteiger partial charge in [0.15, 0.2) is 5.13 Å². The van der Waals surface area contributed by atoms with E-state index in [4.69, 9.17) is 9.63 Å². The van der Waals surface area contributed by atoms with Crippen molar-refractivity contribution < 1.29 is 19.2 Å². The molecule has 2 amide bonds. The lowest BCUT2D eigenvalue weighted by Gasteiger charge is -2.11. The molecule has 2 aromatic heterocycles. The summed E-state index contributed by atoms with van der Waals surface area (Å²) < 4.78 is 6.25. The van der Waals surface area contributed by atoms with Gasteiger partial charge in [-0.05, 0) is 50.5 Å². The van der Waals surface area contributed by atoms with E-state index in [1.165, 1.54) is 16.2 Å². The van der Waals surface area contributed by atoms with Gasteiger partial charge >= 0.3 is 6.09 Å². The topological polar surface area (TPSA) is 109 Å². The van der Waals surface area contributed by atoms with Crippen molar-refractivity contribution in [2.45, 2.75) is 27.2 Å². The molecule has 1 unspecified atom stereocenters. The molecule has 1 aliphatic heterocycles. The minimum atomic E-state index is -0.988. The number of aryl methyl sites for hydroxylation is 3. The molecule has 1 atom stereocenters. The van der Waals surface area contributed by atoms with E-state index in [9.17, 15) is 9.59 Å². The van der Waals surface area contributed by atoms with Crippen molar-refractivity contribution in [2.24, 2.45) is 5.92 Å². The summed E-state index contributed by atoms with van der Waals surface area (Å²) >= 11 is 1.40. The third kappa shape index (κ3) is 3.22. The van der Waals surface area contributed by atoms with Crippen molar-refractivity contribution in [3.8, 4) is 11.1 Å². The Labute approximate surface area is 165 Å². The van der Waals surface area contributed by atoms with E-state index in [1.54, 1.807) is 0 Å². The average Bonchev–Trinajstić information content (AvgIpc) is 3.33. The van der Waals surface area contributed by atoms with Gasteiger partial charge in [-0.2, -0.15) is 0 Å². The fourth-order valence-electron chi connectivity index (χ4n) is 3.62. The van der Waals surface area contributed by atoms with E-state index in [1.807, 2.05) is 32.9 Å². The van der Waals surface area contributed by atoms with Crippen molar-refractivity contribution in [2.75, 3.05) is 18.4 Å². The number of hydrogen-bond donors (Lipinski definition) is 2. The number of carbonyl (C=O) groups is 2. The van der Waals surface area contributed by atoms with Crippen LogP contribution in [0.2, 0.25) is 0 Å². The summed E-state index contributed by atoms with van der Waals surface area (Å²) in [4.78, 5) is 29.3. The van der Waals surface area contributed by atoms with Crippen molar-refractivity contribution in [1.29, 1.82) is 0 Å². The highest BCUT2D eigenvalue weighted by Crippen LogP contribution is 2.36. The molecule has 2 N–H and O–H groups in total. The standard InChI is InChI=1S/C19H20N4O4S/c1-9-6-14-15(7-13(9)16-10(2)22-27-11(16)3)28-18(20-14)21-17(24)12-4-5-23(8-12)19(25)26/h6-7,12H,4-5,8H2,1-3H3,(H,25,26)(H,20,21,24). The molecule has 9 heteroatoms. The van der Waals surface area contributed by atoms with E-state index in [0.717, 1.165) is 38.4 Å². The molecule has 0 saturated carbocycles. The molecular formula is C19H20N4O4S. The molecule has 3 aromatic rings. The SMILES string of the molecule is Cc1cc2nc(NC(=O)C3CCN(C(=O)O)C3)sc2cc1-c1c(C)noc1C. The predicted octanol–water partition coefficient (Wildman–Crippen LogP) is 3.81. The second-order valence-electron chi connectivity index (χ2n) is 7.06. The van der Waals surface area contributed by atoms with E-state index < -0.39 is 6.09 Å². The van der Waals surface area contributed by atoms with Gasteiger partial charge in [0.05, 0.1) is 21.8 Å². The molecular weight excluding hydrogens is 380 g/mol. The van der Waals surface area contributed by atoms with Gasteiger partial charge in [-0.3, -0.25) is 4.79 Å². The summed E-state index contributed by atoms with van der Waals surface area (Å²) in [7, 11) is 0. The molecule has 4 rings (SSSR count). The second kappa shape index (κ2) is 6.90. The van der Waals surface area contributed by atoms with Crippen LogP contribution in [0.25, 0.3) is 21.3 Å². The van der Waals surface area contributed by atoms with Crippen LogP contribution >= 0.6 is 11.3 Å². The molecule has 3 heterocycles. The van der Waals surface area contributed by atoms with Crippen LogP contribution in [0.5, 0.6) is 0 Å². The number of likely N-dealkylation sites (tertiary alicyclic amines) is 1. The quantitative estimate of drug-likeness (QED) is 0.692. The number of carbonyl (C=O) groups excluding carboxylic acids is 1. The number of nitrogens with one attached hydrogen (secondary N) is 1. The lowest BCUT2D eigenvalue weighted by molar-refractivity contribution is -0.119. The van der Waals surface area contributed by atoms with Crippen molar-refractivity contribution in [3.05, 3.63) is 29.2 Å². The third-order valence-corrected chi connectivity index (χ3v) is 6.03. The summed E-state index contributed by atoms with van der Waals surface area (Å²) in [6.45, 7) is 6.42. The molecule has 146 valence electrons. The average molecular weight is 400 g/mol. The van der Waals surface area contributed by atoms with Gasteiger partial charge in [-0.1, -0.05) is 16.5 Å². The largest absolute Gasteiger partial charge is 0.465 e. The molecule has 0 radical (unpaired) electrons. The number of anilines is 1. The number of hydrogen-bond acceptors (Lipinski definition) is 6. The van der Waals surface area contributed by atoms with Crippen LogP contribution in [-0.4, -0.2) is 45.2 Å². The monoisotopic (exact) mass is 400 g/mol. The highest BCUT2D eigenvalue weighted by Gasteiger charge is 2.31. The van der Waals surface area contributed by atoms with Gasteiger partial charge in [-0.15, -0.1) is 0 Å². The first-order valence-corrected chi connectivity index (χ1v) is 9.78. The van der Waals surface area contributed by atoms with Gasteiger partial charge in [0, 0.05) is 18.7 Å². The van der Waals surface area contributed by atoms with Crippen LogP contribution < -0.4 is 5.32 Å². The molecule has 8 nitrogen and oxygen atoms in total. The molecule has 1 fully saturated rings. The van der Waals surface area contributed by atoms with E-state index in [2.05, 4.69) is 15.5 Å². The highest BCUT2D eigenvalue weighted by atomic mass is 32.1. The number of aromatic nitrogens is 2. The zero-order chi connectivity index (χ0) is 20.0. The van der Waals surface area contributed by atoms with Crippen LogP contribution in [0, 0.1) is 26.7 Å². The highest BCUT2D eigenvalue weighted by molar-refractivity contribution is 7.22. The maximum absolute atomic E-state index is 12.5. The fourth-order valence-corrected chi connectivity index (χ4v) is 4.51. The molecule has 28 heavy (non-hydrogen) atoms. The number of amides is 2. The molecule has 1 saturated heterocycles. The Kier molecular flexibility index (Phi) is 4.54. The van der Waals surface area contributed by atoms with Gasteiger partial charge in [-0.25, -0.2) is 9.78 Å². The molecule has 0 bridgehead atoms. The number of benzene rings is 1. The Morgan fingerprint density at radius 1 is 1.32 bits per heavy atom. The second-order valence-corrected chi connectivity index (χ2v) is 8.09. The summed E-state index contributed by atoms with van der Waals surface area (Å²) in [6.07, 6.45) is -0.462. The van der Waals surface area contributed by atoms with Gasteiger partial charge < -0.3 is 19.8 Å². The van der Waals surface area contributed by atoms with Crippen LogP contribution in [-0.2, 0) is 4.79 Å². The number of nitrogens with zero attached hydrogens (tertiary/aromatic N) is 3. The third-order valence-electron chi connectivity index (χ3n) is 5.10. The Morgan fingerprint density at radius 3 is 2.75 bits per heavy atom. The predicted molar refractivity (Wildman–Crippen MR) is 106 cm³/mol. The summed E-state index contributed by atoms with van der Waals surface area (Å²) in [5.74, 6) is 0.232. The smallest absolute Gasteiger partial charge is 0.407 e. The molecule has 0 spiro atoms. The Balaban J connectivity index is 1.59. The number of carboxylic acid groups (broad SMARTS) is 1. The van der Waals surface area contributed by atoms with Crippen LogP contribution in [0.4, 0.5) is 9.93 Å². The van der Waals surface area contributed by atoms with Gasteiger partial charge in [0.2, 0.25) is 5.91 Å². The van der Waals surface area contributed by atoms with Gasteiger partial charge in [0.25, 0.3) is 0 Å². The van der Waals surface area contributed by atoms with Crippen LogP contribution in [0.15, 0.2) is 16.7 Å². The molecule has 1 aromatic carbocycles. The van der Waals surface area contributed by atoms with Crippen LogP contribution in [0.3, 0.4) is 0 Å². The normalized spacial score (nSPS) is 16.7. The van der Waals surface area contributed by atoms with E-state index >= 15 is 0 Å². The van der Waals surface area contributed by atoms with Crippen LogP contribution in [0.1, 0.15) is 23.4 Å². The summed E-state index contributed by atoms with van der Waals surface area (Å²) in [5.41, 5.74) is 4.73. The lowest BCUT2D eigenvalue weighted by atomic mass is 9.99. The van der Waals surface area contributed by atoms with Gasteiger partial charge in [0.1, 0.15) is 5.76 Å². The van der Waals surface area contributed by atoms with Crippen molar-refractivity contribution in [1.82, 2.24) is 15.0 Å². The zero-order valence-electron chi connectivity index (χ0n) is 15.8. The maximum Gasteiger partial charge on any atom is 0.407 e. The zero-order valence-corrected chi connectivity index (χ0v) is 16.6. The summed E-state index contributed by atoms with van der Waals surface area (Å²) in [6, 6.07) is 4.04. The molecule has 0 aliphatic carbocycles. The Bertz CT molecular complexity index is 1070. The van der Waals surface area contributed by atoms with E-state index in [0.29, 0.717) is 18.1 Å². The first-order chi connectivity index (χ1) is 13.3. The maximum atomic E-state index is 12.5. The number of fused-ring (bicyclic) bond motifs is 1. The minimum absolute atomic E-state index is 0.189. The number of rotatable bonds is 3. The minimum Gasteiger partial charge on any atom is -0.465 e. The molecule has 1 aliphatic rings.